The van der Waals surface area contributed by atoms with Gasteiger partial charge in [0, 0.05) is 83.5 Å². The lowest BCUT2D eigenvalue weighted by atomic mass is 10.00. The highest BCUT2D eigenvalue weighted by Crippen LogP contribution is 2.24. The van der Waals surface area contributed by atoms with Gasteiger partial charge in [0.2, 0.25) is 82.7 Å². The number of nitrogens with one attached hydrogen (secondary N) is 22. The molecule has 4 aromatic carbocycles. The number of guanidine groups is 3. The molecule has 20 amide bonds. The number of carboxylic acid groups (broad SMARTS) is 1. The summed E-state index contributed by atoms with van der Waals surface area (Å²) < 4.78 is 0. The maximum Gasteiger partial charge on any atom is 0.326 e. The van der Waals surface area contributed by atoms with Gasteiger partial charge in [-0.3, -0.25) is 83.4 Å². The predicted octanol–water partition coefficient (Wildman–Crippen LogP) is -6.07. The molecule has 0 aromatic heterocycles. The van der Waals surface area contributed by atoms with Crippen LogP contribution in [0.25, 0.3) is 10.8 Å². The Morgan fingerprint density at radius 3 is 0.966 bits per heavy atom. The van der Waals surface area contributed by atoms with E-state index in [1.807, 2.05) is 18.2 Å². The van der Waals surface area contributed by atoms with Crippen LogP contribution in [0.4, 0.5) is 14.4 Å². The fourth-order valence-electron chi connectivity index (χ4n) is 15.6. The van der Waals surface area contributed by atoms with Crippen LogP contribution in [0.3, 0.4) is 0 Å². The Morgan fingerprint density at radius 1 is 0.342 bits per heavy atom. The van der Waals surface area contributed by atoms with E-state index in [2.05, 4.69) is 126 Å². The Balaban J connectivity index is 1.48. The van der Waals surface area contributed by atoms with Crippen LogP contribution in [-0.2, 0) is 91.2 Å². The quantitative estimate of drug-likeness (QED) is 0.00847. The molecule has 0 spiro atoms. The number of fused-ring (bicyclic) bond motifs is 1. The zero-order chi connectivity index (χ0) is 108. The number of nitrogens with zero attached hydrogens (tertiary/aromatic N) is 1. The summed E-state index contributed by atoms with van der Waals surface area (Å²) in [6.45, 7) is 1.14. The number of nitrogens with two attached hydrogens (primary N) is 8. The molecule has 5 rings (SSSR count). The van der Waals surface area contributed by atoms with Crippen molar-refractivity contribution in [1.82, 2.24) is 106 Å². The van der Waals surface area contributed by atoms with E-state index < -0.39 is 215 Å². The Hall–Kier alpha value is -15.0. The molecular weight excluding hydrogens is 1940 g/mol. The third-order valence-electron chi connectivity index (χ3n) is 23.2. The minimum absolute atomic E-state index is 0.000568. The summed E-state index contributed by atoms with van der Waals surface area (Å²) in [6.07, 6.45) is -0.845. The lowest BCUT2D eigenvalue weighted by molar-refractivity contribution is -0.142. The highest BCUT2D eigenvalue weighted by molar-refractivity contribution is 7.80. The summed E-state index contributed by atoms with van der Waals surface area (Å²) in [4.78, 5) is 254. The lowest BCUT2D eigenvalue weighted by Crippen LogP contribution is -2.61. The number of phenolic OH excluding ortho intramolecular Hbond substituents is 2. The minimum Gasteiger partial charge on any atom is -0.508 e. The predicted molar refractivity (Wildman–Crippen MR) is 546 cm³/mol. The van der Waals surface area contributed by atoms with E-state index >= 15 is 33.6 Å². The number of primary amides is 3. The van der Waals surface area contributed by atoms with Crippen molar-refractivity contribution < 1.29 is 102 Å². The summed E-state index contributed by atoms with van der Waals surface area (Å²) in [5.41, 5.74) is 45.6. The smallest absolute Gasteiger partial charge is 0.326 e. The minimum atomic E-state index is -1.66. The van der Waals surface area contributed by atoms with Crippen LogP contribution < -0.4 is 147 Å². The van der Waals surface area contributed by atoms with Crippen molar-refractivity contribution in [2.24, 2.45) is 45.9 Å². The number of carbonyl (C=O) groups excluding carboxylic acids is 17. The van der Waals surface area contributed by atoms with Gasteiger partial charge >= 0.3 is 24.1 Å². The largest absolute Gasteiger partial charge is 0.508 e. The van der Waals surface area contributed by atoms with E-state index in [-0.39, 0.29) is 211 Å². The van der Waals surface area contributed by atoms with Crippen LogP contribution in [0.1, 0.15) is 152 Å². The van der Waals surface area contributed by atoms with Crippen molar-refractivity contribution in [3.05, 3.63) is 108 Å². The van der Waals surface area contributed by atoms with E-state index in [1.165, 1.54) is 60.4 Å². The highest BCUT2D eigenvalue weighted by atomic mass is 32.1. The molecule has 804 valence electrons. The van der Waals surface area contributed by atoms with Crippen LogP contribution in [-0.4, -0.2) is 300 Å². The molecule has 14 atom stereocenters. The number of amides is 20. The number of carboxylic acids is 1. The van der Waals surface area contributed by atoms with Gasteiger partial charge in [-0.1, -0.05) is 66.7 Å². The molecule has 1 heterocycles. The molecule has 1 aliphatic heterocycles. The SMILES string of the molecule is CC(=O)N[C@@H](CCCNC(N)=O)C(=O)N[C@@H](CCCNC(=N)N)C(=O)N[C@@H](Cc1ccc2ccccc2c1)C(=O)N[C@@H](CS)C(=O)N[C@@H](Cc1ccc(O)cc1)C(=O)N[C@@H](CCCNC(=N)N)C(=O)N[C@@H](CCCCN)C(=O)N[C@H](CCCCN)C(=O)N1CCC[C@H]1C(=O)N[C@@H](Cc1ccc(O)cc1)C(=O)N[C@@H](CCCNC(N)=O)C(=O)N[C@@H](CCCNC(N)=O)C(=O)N[C@@H](CS)C(=O)N[C@@H](CCCNC(=N)N)C(=O)O. The van der Waals surface area contributed by atoms with Crippen molar-refractivity contribution in [2.75, 3.05) is 70.4 Å². The fourth-order valence-corrected chi connectivity index (χ4v) is 16.1. The molecule has 0 radical (unpaired) electrons. The molecule has 4 aromatic rings. The van der Waals surface area contributed by atoms with E-state index in [0.29, 0.717) is 29.5 Å². The summed E-state index contributed by atoms with van der Waals surface area (Å²) in [5, 5.41) is 104. The molecular formula is C92H143N31O21S2. The van der Waals surface area contributed by atoms with Crippen LogP contribution >= 0.6 is 25.3 Å². The molecule has 0 aliphatic carbocycles. The number of thiol groups is 2. The molecule has 41 N–H and O–H groups in total. The van der Waals surface area contributed by atoms with Gasteiger partial charge in [0.25, 0.3) is 0 Å². The van der Waals surface area contributed by atoms with E-state index in [4.69, 9.17) is 62.1 Å². The number of aromatic hydroxyl groups is 2. The van der Waals surface area contributed by atoms with Gasteiger partial charge in [-0.05, 0) is 193 Å². The summed E-state index contributed by atoms with van der Waals surface area (Å²) in [6, 6.07) is -0.550. The molecule has 0 saturated carbocycles. The van der Waals surface area contributed by atoms with Crippen molar-refractivity contribution in [3.63, 3.8) is 0 Å². The maximum absolute atomic E-state index is 15.4. The standard InChI is InChI=1S/C92H143N31O21S2/c1-51(124)110-59(19-10-41-107-90(101)142)73(127)112-63(21-9-39-105-88(97)98)77(131)118-69(48-54-26-31-55-15-2-3-16-56(55)45-54)81(135)122-71(50-146)83(137)119-67(46-52-27-32-57(125)33-28-52)79(133)114-61(20-8-38-104-87(95)96)74(128)111-60(17-4-6-36-93)76(130)116-65(18-5-7-37-94)85(139)123-44-14-25-72(123)84(138)120-68(47-53-29-34-58(126)35-30-53)80(134)115-62(22-11-42-108-91(102)143)75(129)113-64(23-12-43-109-92(103)144)78(132)121-70(49-145)82(136)117-66(86(140)141)24-13-40-106-89(99)100/h2-3,15-16,26-35,45,59-72,125-126,145-146H,4-14,17-25,36-44,46-50,93-94H2,1H3,(H,110,124)(H,111,128)(H,112,127)(H,113,129)(H,114,133)(H,115,134)(H,116,130)(H,117,136)(H,118,131)(H,119,137)(H,120,138)(H,121,132)(H,122,135)(H,140,141)(H4,95,96,104)(H4,97,98,105)(H4,99,100,106)(H3,101,107,142)(H3,102,108,143)(H3,103,109,144)/t59-,60-,61-,62-,63-,64-,65+,66-,67-,68-,69-,70-,71-,72-/m0/s1. The second kappa shape index (κ2) is 65.3. The summed E-state index contributed by atoms with van der Waals surface area (Å²) >= 11 is 8.68. The first-order chi connectivity index (χ1) is 69.5. The van der Waals surface area contributed by atoms with Crippen LogP contribution in [0.5, 0.6) is 11.5 Å². The lowest BCUT2D eigenvalue weighted by Gasteiger charge is -2.31. The fraction of sp³-hybridized carbons (Fsp3) is 0.533. The Bertz CT molecular complexity index is 5070. The molecule has 0 bridgehead atoms. The number of rotatable bonds is 67. The van der Waals surface area contributed by atoms with Crippen LogP contribution in [0.15, 0.2) is 91.0 Å². The van der Waals surface area contributed by atoms with Crippen LogP contribution in [0.2, 0.25) is 0 Å². The molecule has 1 saturated heterocycles. The molecule has 1 aliphatic rings. The van der Waals surface area contributed by atoms with Gasteiger partial charge in [-0.2, -0.15) is 25.3 Å². The van der Waals surface area contributed by atoms with Crippen LogP contribution in [0, 0.1) is 16.2 Å². The number of hydrogen-bond donors (Lipinski definition) is 35. The van der Waals surface area contributed by atoms with E-state index in [1.54, 1.807) is 24.3 Å². The molecule has 54 heteroatoms. The Labute approximate surface area is 854 Å². The van der Waals surface area contributed by atoms with Crippen molar-refractivity contribution in [2.45, 2.75) is 239 Å². The summed E-state index contributed by atoms with van der Waals surface area (Å²) in [5.74, 6) is -16.9. The number of urea groups is 3. The third kappa shape index (κ3) is 45.7. The molecule has 0 unspecified atom stereocenters. The zero-order valence-electron chi connectivity index (χ0n) is 81.4. The average molecular weight is 2080 g/mol. The average Bonchev–Trinajstić information content (AvgIpc) is 1.78. The highest BCUT2D eigenvalue weighted by Gasteiger charge is 2.42. The van der Waals surface area contributed by atoms with Gasteiger partial charge in [-0.15, -0.1) is 0 Å². The first-order valence-electron chi connectivity index (χ1n) is 48.0. The number of unbranched alkanes of at least 4 members (excludes halogenated alkanes) is 2. The van der Waals surface area contributed by atoms with Crippen molar-refractivity contribution in [3.8, 4) is 11.5 Å². The molecule has 146 heavy (non-hydrogen) atoms. The third-order valence-corrected chi connectivity index (χ3v) is 23.9. The number of hydrogen-bond acceptors (Lipinski definition) is 27. The number of benzene rings is 4. The number of aliphatic carboxylic acids is 1. The normalized spacial score (nSPS) is 14.7. The second-order valence-corrected chi connectivity index (χ2v) is 35.6. The summed E-state index contributed by atoms with van der Waals surface area (Å²) in [7, 11) is 0. The Kier molecular flexibility index (Phi) is 54.4. The topological polar surface area (TPSA) is 879 Å². The van der Waals surface area contributed by atoms with Gasteiger partial charge in [-0.25, -0.2) is 19.2 Å². The van der Waals surface area contributed by atoms with Gasteiger partial charge < -0.3 is 167 Å². The number of carbonyl (C=O) groups is 18. The maximum atomic E-state index is 15.4. The van der Waals surface area contributed by atoms with E-state index in [9.17, 15) is 68.1 Å². The molecule has 52 nitrogen and oxygen atoms in total. The van der Waals surface area contributed by atoms with Gasteiger partial charge in [0.15, 0.2) is 17.9 Å². The zero-order valence-corrected chi connectivity index (χ0v) is 83.2. The van der Waals surface area contributed by atoms with E-state index in [0.717, 1.165) is 10.8 Å². The number of phenols is 2. The first kappa shape index (κ1) is 122. The van der Waals surface area contributed by atoms with Crippen molar-refractivity contribution in [1.29, 1.82) is 16.2 Å². The Morgan fingerprint density at radius 2 is 0.623 bits per heavy atom. The second-order valence-electron chi connectivity index (χ2n) is 34.8. The van der Waals surface area contributed by atoms with Gasteiger partial charge in [0.05, 0.1) is 0 Å². The van der Waals surface area contributed by atoms with Crippen molar-refractivity contribution >= 4 is 161 Å². The monoisotopic (exact) mass is 2080 g/mol. The van der Waals surface area contributed by atoms with Gasteiger partial charge in [0.1, 0.15) is 96.1 Å². The number of likely N-dealkylation sites (tertiary alicyclic amines) is 1. The molecule has 1 fully saturated rings. The first-order valence-corrected chi connectivity index (χ1v) is 49.2.